The first-order chi connectivity index (χ1) is 18.8. The smallest absolute Gasteiger partial charge is 0.0111 e. The highest BCUT2D eigenvalue weighted by atomic mass is 14.1. The van der Waals surface area contributed by atoms with Gasteiger partial charge in [-0.25, -0.2) is 0 Å². The molecule has 0 saturated heterocycles. The average molecular weight is 485 g/mol. The van der Waals surface area contributed by atoms with Crippen LogP contribution in [0.5, 0.6) is 0 Å². The first-order valence-electron chi connectivity index (χ1n) is 13.0. The molecule has 0 radical (unpaired) electrons. The number of benzene rings is 6. The summed E-state index contributed by atoms with van der Waals surface area (Å²) >= 11 is 0. The van der Waals surface area contributed by atoms with E-state index in [1.54, 1.807) is 0 Å². The van der Waals surface area contributed by atoms with E-state index in [0.717, 1.165) is 0 Å². The van der Waals surface area contributed by atoms with Gasteiger partial charge in [-0.1, -0.05) is 158 Å². The van der Waals surface area contributed by atoms with Gasteiger partial charge >= 0.3 is 0 Å². The summed E-state index contributed by atoms with van der Waals surface area (Å²) in [5.74, 6) is 0. The van der Waals surface area contributed by atoms with Crippen molar-refractivity contribution in [2.24, 2.45) is 0 Å². The van der Waals surface area contributed by atoms with Crippen LogP contribution in [0.15, 0.2) is 158 Å². The predicted molar refractivity (Wildman–Crippen MR) is 164 cm³/mol. The molecule has 0 N–H and O–H groups in total. The normalized spacial score (nSPS) is 11.1. The van der Waals surface area contributed by atoms with Crippen molar-refractivity contribution in [2.75, 3.05) is 0 Å². The Kier molecular flexibility index (Phi) is 6.78. The Balaban J connectivity index is 1.49. The molecule has 0 heteroatoms. The van der Waals surface area contributed by atoms with E-state index in [0.29, 0.717) is 0 Å². The molecule has 0 saturated carbocycles. The molecule has 6 rings (SSSR count). The van der Waals surface area contributed by atoms with E-state index in [2.05, 4.69) is 170 Å². The van der Waals surface area contributed by atoms with Crippen LogP contribution in [0.1, 0.15) is 11.1 Å². The van der Waals surface area contributed by atoms with Crippen LogP contribution in [-0.2, 0) is 0 Å². The highest BCUT2D eigenvalue weighted by Crippen LogP contribution is 2.33. The summed E-state index contributed by atoms with van der Waals surface area (Å²) in [5, 5.41) is 0. The third-order valence-corrected chi connectivity index (χ3v) is 6.93. The molecule has 0 atom stereocenters. The van der Waals surface area contributed by atoms with Crippen LogP contribution < -0.4 is 0 Å². The van der Waals surface area contributed by atoms with Crippen molar-refractivity contribution in [2.45, 2.75) is 0 Å². The lowest BCUT2D eigenvalue weighted by molar-refractivity contribution is 1.56. The summed E-state index contributed by atoms with van der Waals surface area (Å²) < 4.78 is 0. The van der Waals surface area contributed by atoms with Gasteiger partial charge in [0.05, 0.1) is 0 Å². The van der Waals surface area contributed by atoms with Crippen molar-refractivity contribution in [3.63, 3.8) is 0 Å². The van der Waals surface area contributed by atoms with Crippen molar-refractivity contribution in [3.05, 3.63) is 169 Å². The largest absolute Gasteiger partial charge is 0.0622 e. The van der Waals surface area contributed by atoms with Crippen LogP contribution >= 0.6 is 0 Å². The van der Waals surface area contributed by atoms with Gasteiger partial charge in [0.2, 0.25) is 0 Å². The second kappa shape index (κ2) is 11.0. The predicted octanol–water partition coefficient (Wildman–Crippen LogP) is 10.5. The molecule has 6 aromatic rings. The minimum absolute atomic E-state index is 1.20. The van der Waals surface area contributed by atoms with Crippen molar-refractivity contribution in [1.29, 1.82) is 0 Å². The molecule has 0 aliphatic rings. The minimum atomic E-state index is 1.20. The average Bonchev–Trinajstić information content (AvgIpc) is 3.01. The molecule has 0 amide bonds. The van der Waals surface area contributed by atoms with Gasteiger partial charge < -0.3 is 0 Å². The molecule has 0 bridgehead atoms. The standard InChI is InChI=1S/C38H28/c1-5-13-29(14-6-1)33-23-25-37(31-17-9-3-10-18-31)35(27-33)21-22-36-28-34(30-15-7-2-8-16-30)24-26-38(36)32-19-11-4-12-20-32/h1-28H/b22-21+. The van der Waals surface area contributed by atoms with Crippen LogP contribution in [0.2, 0.25) is 0 Å². The molecule has 0 spiro atoms. The fourth-order valence-corrected chi connectivity index (χ4v) is 4.96. The molecular formula is C38H28. The van der Waals surface area contributed by atoms with Crippen LogP contribution in [0.4, 0.5) is 0 Å². The zero-order valence-corrected chi connectivity index (χ0v) is 21.2. The van der Waals surface area contributed by atoms with E-state index in [1.807, 2.05) is 0 Å². The summed E-state index contributed by atoms with van der Waals surface area (Å²) in [6.07, 6.45) is 4.54. The van der Waals surface area contributed by atoms with Gasteiger partial charge in [-0.05, 0) is 67.8 Å². The Bertz CT molecular complexity index is 1530. The molecule has 0 aliphatic heterocycles. The Labute approximate surface area is 225 Å². The lowest BCUT2D eigenvalue weighted by Crippen LogP contribution is -1.88. The highest BCUT2D eigenvalue weighted by Gasteiger charge is 2.09. The molecule has 0 nitrogen and oxygen atoms in total. The van der Waals surface area contributed by atoms with Crippen LogP contribution in [0.25, 0.3) is 56.7 Å². The number of rotatable bonds is 6. The second-order valence-corrected chi connectivity index (χ2v) is 9.40. The molecule has 6 aromatic carbocycles. The Hall–Kier alpha value is -4.94. The molecule has 180 valence electrons. The first kappa shape index (κ1) is 23.5. The van der Waals surface area contributed by atoms with Gasteiger partial charge in [0, 0.05) is 0 Å². The van der Waals surface area contributed by atoms with Gasteiger partial charge in [-0.2, -0.15) is 0 Å². The van der Waals surface area contributed by atoms with E-state index in [4.69, 9.17) is 0 Å². The molecule has 0 unspecified atom stereocenters. The Morgan fingerprint density at radius 1 is 0.263 bits per heavy atom. The van der Waals surface area contributed by atoms with E-state index in [9.17, 15) is 0 Å². The maximum atomic E-state index is 2.30. The number of hydrogen-bond donors (Lipinski definition) is 0. The van der Waals surface area contributed by atoms with E-state index < -0.39 is 0 Å². The van der Waals surface area contributed by atoms with Gasteiger partial charge in [0.25, 0.3) is 0 Å². The van der Waals surface area contributed by atoms with Crippen molar-refractivity contribution < 1.29 is 0 Å². The zero-order chi connectivity index (χ0) is 25.6. The molecule has 0 aromatic heterocycles. The maximum absolute atomic E-state index is 2.30. The quantitative estimate of drug-likeness (QED) is 0.206. The van der Waals surface area contributed by atoms with E-state index >= 15 is 0 Å². The molecule has 0 heterocycles. The molecule has 0 aliphatic carbocycles. The monoisotopic (exact) mass is 484 g/mol. The van der Waals surface area contributed by atoms with Crippen molar-refractivity contribution in [1.82, 2.24) is 0 Å². The maximum Gasteiger partial charge on any atom is -0.0111 e. The van der Waals surface area contributed by atoms with Crippen molar-refractivity contribution >= 4 is 12.2 Å². The topological polar surface area (TPSA) is 0 Å². The van der Waals surface area contributed by atoms with Crippen LogP contribution in [0.3, 0.4) is 0 Å². The summed E-state index contributed by atoms with van der Waals surface area (Å²) in [6, 6.07) is 56.0. The fourth-order valence-electron chi connectivity index (χ4n) is 4.96. The summed E-state index contributed by atoms with van der Waals surface area (Å²) in [7, 11) is 0. The third-order valence-electron chi connectivity index (χ3n) is 6.93. The minimum Gasteiger partial charge on any atom is -0.0622 e. The Morgan fingerprint density at radius 2 is 0.579 bits per heavy atom. The van der Waals surface area contributed by atoms with E-state index in [-0.39, 0.29) is 0 Å². The lowest BCUT2D eigenvalue weighted by Gasteiger charge is -2.12. The van der Waals surface area contributed by atoms with Gasteiger partial charge in [0.15, 0.2) is 0 Å². The molecule has 38 heavy (non-hydrogen) atoms. The first-order valence-corrected chi connectivity index (χ1v) is 13.0. The van der Waals surface area contributed by atoms with Crippen LogP contribution in [-0.4, -0.2) is 0 Å². The molecule has 0 fully saturated rings. The van der Waals surface area contributed by atoms with E-state index in [1.165, 1.54) is 55.6 Å². The van der Waals surface area contributed by atoms with Gasteiger partial charge in [-0.15, -0.1) is 0 Å². The Morgan fingerprint density at radius 3 is 0.921 bits per heavy atom. The summed E-state index contributed by atoms with van der Waals surface area (Å²) in [5.41, 5.74) is 12.1. The fraction of sp³-hybridized carbons (Fsp3) is 0. The van der Waals surface area contributed by atoms with Crippen LogP contribution in [0, 0.1) is 0 Å². The lowest BCUT2D eigenvalue weighted by atomic mass is 9.92. The zero-order valence-electron chi connectivity index (χ0n) is 21.2. The molecular weight excluding hydrogens is 456 g/mol. The van der Waals surface area contributed by atoms with Gasteiger partial charge in [-0.3, -0.25) is 0 Å². The van der Waals surface area contributed by atoms with Gasteiger partial charge in [0.1, 0.15) is 0 Å². The summed E-state index contributed by atoms with van der Waals surface area (Å²) in [6.45, 7) is 0. The number of hydrogen-bond acceptors (Lipinski definition) is 0. The van der Waals surface area contributed by atoms with Crippen molar-refractivity contribution in [3.8, 4) is 44.5 Å². The highest BCUT2D eigenvalue weighted by molar-refractivity contribution is 5.88. The SMILES string of the molecule is C(=C\c1cc(-c2ccccc2)ccc1-c1ccccc1)/c1cc(-c2ccccc2)ccc1-c1ccccc1. The second-order valence-electron chi connectivity index (χ2n) is 9.40. The summed E-state index contributed by atoms with van der Waals surface area (Å²) in [4.78, 5) is 0. The third kappa shape index (κ3) is 5.12.